The van der Waals surface area contributed by atoms with Crippen LogP contribution < -0.4 is 0 Å². The van der Waals surface area contributed by atoms with Crippen molar-refractivity contribution in [1.82, 2.24) is 4.90 Å². The Morgan fingerprint density at radius 1 is 1.50 bits per heavy atom. The number of hydrogen-bond donors (Lipinski definition) is 0. The van der Waals surface area contributed by atoms with Gasteiger partial charge < -0.3 is 9.64 Å². The minimum atomic E-state index is -0.388. The number of nitrogens with zero attached hydrogens (tertiary/aromatic N) is 1. The highest BCUT2D eigenvalue weighted by atomic mass is 32.1. The average molecular weight is 241 g/mol. The van der Waals surface area contributed by atoms with Gasteiger partial charge in [-0.1, -0.05) is 0 Å². The van der Waals surface area contributed by atoms with E-state index in [-0.39, 0.29) is 18.4 Å². The number of thiophene rings is 1. The molecule has 5 heteroatoms. The molecule has 0 aliphatic rings. The zero-order chi connectivity index (χ0) is 12.0. The molecule has 0 aliphatic heterocycles. The number of esters is 1. The molecule has 0 radical (unpaired) electrons. The third-order valence-corrected chi connectivity index (χ3v) is 2.95. The number of carbonyl (C=O) groups excluding carboxylic acids is 2. The molecular formula is C11H15NO3S. The summed E-state index contributed by atoms with van der Waals surface area (Å²) in [5, 5.41) is 3.86. The van der Waals surface area contributed by atoms with Crippen LogP contribution in [0, 0.1) is 0 Å². The van der Waals surface area contributed by atoms with Crippen LogP contribution in [-0.4, -0.2) is 37.0 Å². The molecule has 0 spiro atoms. The van der Waals surface area contributed by atoms with E-state index in [2.05, 4.69) is 4.74 Å². The molecule has 0 fully saturated rings. The second-order valence-corrected chi connectivity index (χ2v) is 4.07. The van der Waals surface area contributed by atoms with E-state index in [4.69, 9.17) is 0 Å². The van der Waals surface area contributed by atoms with Crippen molar-refractivity contribution in [2.45, 2.75) is 13.3 Å². The van der Waals surface area contributed by atoms with Gasteiger partial charge in [0.25, 0.3) is 0 Å². The van der Waals surface area contributed by atoms with Crippen LogP contribution in [0.2, 0.25) is 0 Å². The molecule has 88 valence electrons. The highest BCUT2D eigenvalue weighted by Gasteiger charge is 2.16. The molecule has 4 nitrogen and oxygen atoms in total. The monoisotopic (exact) mass is 241 g/mol. The van der Waals surface area contributed by atoms with Gasteiger partial charge in [-0.05, 0) is 29.3 Å². The SMILES string of the molecule is CCN(CC(=O)OC)C(=O)Cc1ccsc1. The van der Waals surface area contributed by atoms with Crippen molar-refractivity contribution in [3.63, 3.8) is 0 Å². The number of hydrogen-bond acceptors (Lipinski definition) is 4. The van der Waals surface area contributed by atoms with Gasteiger partial charge in [-0.2, -0.15) is 11.3 Å². The van der Waals surface area contributed by atoms with Crippen molar-refractivity contribution in [2.75, 3.05) is 20.2 Å². The number of methoxy groups -OCH3 is 1. The lowest BCUT2D eigenvalue weighted by atomic mass is 10.2. The van der Waals surface area contributed by atoms with Crippen LogP contribution in [0.25, 0.3) is 0 Å². The van der Waals surface area contributed by atoms with Crippen LogP contribution in [0.1, 0.15) is 12.5 Å². The highest BCUT2D eigenvalue weighted by Crippen LogP contribution is 2.08. The Hall–Kier alpha value is -1.36. The van der Waals surface area contributed by atoms with Crippen LogP contribution in [0.5, 0.6) is 0 Å². The van der Waals surface area contributed by atoms with E-state index in [1.807, 2.05) is 23.8 Å². The van der Waals surface area contributed by atoms with Gasteiger partial charge >= 0.3 is 5.97 Å². The summed E-state index contributed by atoms with van der Waals surface area (Å²) in [6.07, 6.45) is 0.342. The molecule has 0 N–H and O–H groups in total. The molecule has 0 aromatic carbocycles. The first kappa shape index (κ1) is 12.7. The highest BCUT2D eigenvalue weighted by molar-refractivity contribution is 7.07. The first-order valence-corrected chi connectivity index (χ1v) is 5.97. The van der Waals surface area contributed by atoms with E-state index in [0.29, 0.717) is 13.0 Å². The molecule has 0 saturated heterocycles. The van der Waals surface area contributed by atoms with Crippen molar-refractivity contribution >= 4 is 23.2 Å². The standard InChI is InChI=1S/C11H15NO3S/c1-3-12(7-11(14)15-2)10(13)6-9-4-5-16-8-9/h4-5,8H,3,6-7H2,1-2H3. The van der Waals surface area contributed by atoms with Crippen LogP contribution in [-0.2, 0) is 20.7 Å². The number of rotatable bonds is 5. The van der Waals surface area contributed by atoms with E-state index in [0.717, 1.165) is 5.56 Å². The van der Waals surface area contributed by atoms with Crippen molar-refractivity contribution in [1.29, 1.82) is 0 Å². The largest absolute Gasteiger partial charge is 0.468 e. The maximum Gasteiger partial charge on any atom is 0.325 e. The zero-order valence-electron chi connectivity index (χ0n) is 9.43. The second kappa shape index (κ2) is 6.27. The fraction of sp³-hybridized carbons (Fsp3) is 0.455. The minimum Gasteiger partial charge on any atom is -0.468 e. The molecule has 1 aromatic heterocycles. The summed E-state index contributed by atoms with van der Waals surface area (Å²) in [7, 11) is 1.32. The molecule has 0 unspecified atom stereocenters. The fourth-order valence-electron chi connectivity index (χ4n) is 1.28. The maximum atomic E-state index is 11.8. The Labute approximate surface area is 98.8 Å². The molecule has 0 saturated carbocycles. The summed E-state index contributed by atoms with van der Waals surface area (Å²) in [5.41, 5.74) is 0.985. The molecule has 1 heterocycles. The van der Waals surface area contributed by atoms with Gasteiger partial charge in [0.05, 0.1) is 13.5 Å². The van der Waals surface area contributed by atoms with Gasteiger partial charge in [-0.3, -0.25) is 9.59 Å². The van der Waals surface area contributed by atoms with Gasteiger partial charge in [0.15, 0.2) is 0 Å². The smallest absolute Gasteiger partial charge is 0.325 e. The predicted molar refractivity (Wildman–Crippen MR) is 62.3 cm³/mol. The summed E-state index contributed by atoms with van der Waals surface area (Å²) in [4.78, 5) is 24.4. The molecule has 0 atom stereocenters. The minimum absolute atomic E-state index is 0.0238. The van der Waals surface area contributed by atoms with Gasteiger partial charge in [0.2, 0.25) is 5.91 Å². The summed E-state index contributed by atoms with van der Waals surface area (Å²) in [6, 6.07) is 1.91. The zero-order valence-corrected chi connectivity index (χ0v) is 10.3. The third-order valence-electron chi connectivity index (χ3n) is 2.22. The molecule has 1 rings (SSSR count). The van der Waals surface area contributed by atoms with Crippen LogP contribution in [0.3, 0.4) is 0 Å². The van der Waals surface area contributed by atoms with Crippen molar-refractivity contribution in [3.8, 4) is 0 Å². The quantitative estimate of drug-likeness (QED) is 0.730. The maximum absolute atomic E-state index is 11.8. The Balaban J connectivity index is 2.52. The van der Waals surface area contributed by atoms with E-state index in [1.165, 1.54) is 12.0 Å². The Bertz CT molecular complexity index is 348. The summed E-state index contributed by atoms with van der Waals surface area (Å²) >= 11 is 1.56. The molecule has 1 aromatic rings. The van der Waals surface area contributed by atoms with Crippen LogP contribution in [0.4, 0.5) is 0 Å². The van der Waals surface area contributed by atoms with Gasteiger partial charge in [-0.15, -0.1) is 0 Å². The molecule has 16 heavy (non-hydrogen) atoms. The number of carbonyl (C=O) groups is 2. The number of amides is 1. The van der Waals surface area contributed by atoms with Gasteiger partial charge in [-0.25, -0.2) is 0 Å². The average Bonchev–Trinajstić information content (AvgIpc) is 2.77. The van der Waals surface area contributed by atoms with Crippen molar-refractivity contribution in [3.05, 3.63) is 22.4 Å². The van der Waals surface area contributed by atoms with E-state index >= 15 is 0 Å². The Kier molecular flexibility index (Phi) is 4.98. The lowest BCUT2D eigenvalue weighted by molar-refractivity contribution is -0.146. The van der Waals surface area contributed by atoms with E-state index in [9.17, 15) is 9.59 Å². The summed E-state index contributed by atoms with van der Waals surface area (Å²) in [5.74, 6) is -0.438. The fourth-order valence-corrected chi connectivity index (χ4v) is 1.94. The van der Waals surface area contributed by atoms with Crippen molar-refractivity contribution in [2.24, 2.45) is 0 Å². The third kappa shape index (κ3) is 3.66. The summed E-state index contributed by atoms with van der Waals surface area (Å²) < 4.78 is 4.54. The van der Waals surface area contributed by atoms with E-state index in [1.54, 1.807) is 11.3 Å². The van der Waals surface area contributed by atoms with E-state index < -0.39 is 0 Å². The van der Waals surface area contributed by atoms with Gasteiger partial charge in [0, 0.05) is 6.54 Å². The second-order valence-electron chi connectivity index (χ2n) is 3.29. The normalized spacial score (nSPS) is 9.88. The van der Waals surface area contributed by atoms with Crippen LogP contribution in [0.15, 0.2) is 16.8 Å². The van der Waals surface area contributed by atoms with Gasteiger partial charge in [0.1, 0.15) is 6.54 Å². The number of ether oxygens (including phenoxy) is 1. The van der Waals surface area contributed by atoms with Crippen LogP contribution >= 0.6 is 11.3 Å². The molecule has 1 amide bonds. The predicted octanol–water partition coefficient (Wildman–Crippen LogP) is 1.31. The molecular weight excluding hydrogens is 226 g/mol. The lowest BCUT2D eigenvalue weighted by Gasteiger charge is -2.18. The summed E-state index contributed by atoms with van der Waals surface area (Å²) in [6.45, 7) is 2.38. The lowest BCUT2D eigenvalue weighted by Crippen LogP contribution is -2.36. The topological polar surface area (TPSA) is 46.6 Å². The Morgan fingerprint density at radius 2 is 2.25 bits per heavy atom. The molecule has 0 aliphatic carbocycles. The molecule has 0 bridgehead atoms. The number of likely N-dealkylation sites (N-methyl/N-ethyl adjacent to an activating group) is 1. The first-order chi connectivity index (χ1) is 7.67. The first-order valence-electron chi connectivity index (χ1n) is 5.03. The van der Waals surface area contributed by atoms with Crippen molar-refractivity contribution < 1.29 is 14.3 Å². The Morgan fingerprint density at radius 3 is 2.75 bits per heavy atom.